The largest absolute Gasteiger partial charge is 0.509 e. The van der Waals surface area contributed by atoms with Gasteiger partial charge < -0.3 is 19.8 Å². The van der Waals surface area contributed by atoms with Crippen LogP contribution in [0.5, 0.6) is 0 Å². The fraction of sp³-hybridized carbons (Fsp3) is 0.667. The van der Waals surface area contributed by atoms with E-state index in [9.17, 15) is 22.9 Å². The Labute approximate surface area is 246 Å². The first-order chi connectivity index (χ1) is 18.9. The first-order valence-electron chi connectivity index (χ1n) is 14.5. The van der Waals surface area contributed by atoms with Gasteiger partial charge in [0, 0.05) is 18.6 Å². The van der Waals surface area contributed by atoms with Crippen LogP contribution in [-0.2, 0) is 30.1 Å². The molecule has 0 bridgehead atoms. The molecule has 2 aliphatic heterocycles. The highest BCUT2D eigenvalue weighted by atomic mass is 32.2. The molecule has 0 spiro atoms. The van der Waals surface area contributed by atoms with Crippen molar-refractivity contribution in [3.05, 3.63) is 35.1 Å². The lowest BCUT2D eigenvalue weighted by atomic mass is 9.84. The van der Waals surface area contributed by atoms with Crippen molar-refractivity contribution < 1.29 is 27.4 Å². The fourth-order valence-electron chi connectivity index (χ4n) is 5.15. The zero-order valence-corrected chi connectivity index (χ0v) is 27.6. The summed E-state index contributed by atoms with van der Waals surface area (Å²) in [7, 11) is -6.74. The summed E-state index contributed by atoms with van der Waals surface area (Å²) in [5.74, 6) is -0.169. The zero-order chi connectivity index (χ0) is 30.8. The van der Waals surface area contributed by atoms with Gasteiger partial charge in [-0.05, 0) is 60.6 Å². The lowest BCUT2D eigenvalue weighted by molar-refractivity contribution is -0.128. The summed E-state index contributed by atoms with van der Waals surface area (Å²) in [5, 5.41) is 15.1. The quantitative estimate of drug-likeness (QED) is 0.219. The summed E-state index contributed by atoms with van der Waals surface area (Å²) in [6.45, 7) is 14.9. The van der Waals surface area contributed by atoms with E-state index in [0.29, 0.717) is 36.8 Å². The number of unbranched alkanes of at least 4 members (excludes halogenated alkanes) is 2. The molecule has 2 aliphatic rings. The van der Waals surface area contributed by atoms with Crippen LogP contribution >= 0.6 is 7.52 Å². The van der Waals surface area contributed by atoms with Gasteiger partial charge in [-0.1, -0.05) is 61.0 Å². The molecule has 1 aromatic rings. The van der Waals surface area contributed by atoms with Gasteiger partial charge in [-0.2, -0.15) is 4.76 Å². The van der Waals surface area contributed by atoms with Crippen LogP contribution in [0.15, 0.2) is 34.3 Å². The molecule has 0 aliphatic carbocycles. The van der Waals surface area contributed by atoms with Gasteiger partial charge in [-0.15, -0.1) is 0 Å². The Morgan fingerprint density at radius 2 is 1.80 bits per heavy atom. The Hall–Kier alpha value is -2.16. The van der Waals surface area contributed by atoms with Gasteiger partial charge in [0.25, 0.3) is 5.91 Å². The Morgan fingerprint density at radius 1 is 1.12 bits per heavy atom. The van der Waals surface area contributed by atoms with Crippen molar-refractivity contribution in [2.75, 3.05) is 30.5 Å². The lowest BCUT2D eigenvalue weighted by Crippen LogP contribution is -2.45. The second-order valence-corrected chi connectivity index (χ2v) is 17.8. The number of aliphatic hydroxyl groups is 1. The van der Waals surface area contributed by atoms with Gasteiger partial charge in [0.05, 0.1) is 23.6 Å². The van der Waals surface area contributed by atoms with Crippen LogP contribution in [0.25, 0.3) is 0 Å². The molecule has 0 saturated heterocycles. The standard InChI is InChI=1S/C30H48N3O6PS/c1-9-18-39-40(36)23-20-21(13-11-10-12-19-41(8,37)38)14-15-22(23)31-27(32-40)24-25(34)26(30(5,6)7)33(28(24)35)17-16-29(2,3)4/h14-15,20,26,34H,9-13,16-19H2,1-8H3,(H,31,32,36)/t26-,40?/m1/s1. The molecule has 1 aromatic carbocycles. The monoisotopic (exact) mass is 609 g/mol. The van der Waals surface area contributed by atoms with E-state index in [1.54, 1.807) is 4.90 Å². The molecule has 1 amide bonds. The highest BCUT2D eigenvalue weighted by molar-refractivity contribution is 7.90. The molecular formula is C30H48N3O6PS. The number of carbonyl (C=O) groups is 1. The summed E-state index contributed by atoms with van der Waals surface area (Å²) in [6.07, 6.45) is 5.50. The van der Waals surface area contributed by atoms with E-state index < -0.39 is 28.8 Å². The SMILES string of the molecule is CCCOP1(=O)N=C(C2=C(O)[C@H](C(C)(C)C)N(CCC(C)(C)C)C2=O)Nc2ccc(CCCCCS(C)(=O)=O)cc21. The molecule has 0 radical (unpaired) electrons. The van der Waals surface area contributed by atoms with E-state index in [2.05, 4.69) is 30.9 Å². The second kappa shape index (κ2) is 12.6. The molecule has 230 valence electrons. The molecule has 0 fully saturated rings. The van der Waals surface area contributed by atoms with Crippen molar-refractivity contribution in [1.29, 1.82) is 0 Å². The smallest absolute Gasteiger partial charge is 0.348 e. The number of hydrogen-bond acceptors (Lipinski definition) is 7. The number of carbonyl (C=O) groups excluding carboxylic acids is 1. The van der Waals surface area contributed by atoms with Crippen LogP contribution in [0.2, 0.25) is 0 Å². The minimum absolute atomic E-state index is 0.00422. The van der Waals surface area contributed by atoms with E-state index in [0.717, 1.165) is 24.8 Å². The number of anilines is 1. The molecule has 9 nitrogen and oxygen atoms in total. The molecule has 2 N–H and O–H groups in total. The van der Waals surface area contributed by atoms with E-state index in [4.69, 9.17) is 4.52 Å². The number of sulfone groups is 1. The third-order valence-electron chi connectivity index (χ3n) is 7.26. The topological polar surface area (TPSA) is 125 Å². The summed E-state index contributed by atoms with van der Waals surface area (Å²) in [6, 6.07) is 5.02. The Kier molecular flexibility index (Phi) is 10.2. The number of amides is 1. The summed E-state index contributed by atoms with van der Waals surface area (Å²) in [4.78, 5) is 15.5. The molecule has 1 unspecified atom stereocenters. The van der Waals surface area contributed by atoms with Crippen LogP contribution < -0.4 is 10.6 Å². The number of aryl methyl sites for hydroxylation is 1. The molecule has 0 aromatic heterocycles. The molecule has 0 saturated carbocycles. The van der Waals surface area contributed by atoms with Gasteiger partial charge in [0.15, 0.2) is 5.84 Å². The third-order valence-corrected chi connectivity index (χ3v) is 10.3. The van der Waals surface area contributed by atoms with E-state index in [1.807, 2.05) is 45.9 Å². The number of fused-ring (bicyclic) bond motifs is 1. The van der Waals surface area contributed by atoms with Crippen LogP contribution in [0.3, 0.4) is 0 Å². The maximum Gasteiger partial charge on any atom is 0.348 e. The highest BCUT2D eigenvalue weighted by Gasteiger charge is 2.48. The average Bonchev–Trinajstić information content (AvgIpc) is 3.09. The number of benzene rings is 1. The van der Waals surface area contributed by atoms with Gasteiger partial charge in [0.2, 0.25) is 0 Å². The number of nitrogens with one attached hydrogen (secondary N) is 1. The predicted octanol–water partition coefficient (Wildman–Crippen LogP) is 6.02. The molecular weight excluding hydrogens is 561 g/mol. The zero-order valence-electron chi connectivity index (χ0n) is 25.9. The number of nitrogens with zero attached hydrogens (tertiary/aromatic N) is 2. The number of rotatable bonds is 12. The van der Waals surface area contributed by atoms with Crippen molar-refractivity contribution in [3.63, 3.8) is 0 Å². The Balaban J connectivity index is 1.94. The second-order valence-electron chi connectivity index (χ2n) is 13.6. The normalized spacial score (nSPS) is 21.7. The first-order valence-corrected chi connectivity index (χ1v) is 18.2. The first kappa shape index (κ1) is 33.3. The van der Waals surface area contributed by atoms with Crippen molar-refractivity contribution in [2.45, 2.75) is 93.0 Å². The average molecular weight is 610 g/mol. The van der Waals surface area contributed by atoms with E-state index in [-0.39, 0.29) is 40.8 Å². The minimum Gasteiger partial charge on any atom is -0.509 e. The van der Waals surface area contributed by atoms with Gasteiger partial charge in [0.1, 0.15) is 21.2 Å². The summed E-state index contributed by atoms with van der Waals surface area (Å²) >= 11 is 0. The molecule has 2 heterocycles. The van der Waals surface area contributed by atoms with Crippen LogP contribution in [0, 0.1) is 10.8 Å². The lowest BCUT2D eigenvalue weighted by Gasteiger charge is -2.36. The molecule has 41 heavy (non-hydrogen) atoms. The number of aliphatic hydroxyl groups excluding tert-OH is 1. The molecule has 3 rings (SSSR count). The maximum absolute atomic E-state index is 14.3. The summed E-state index contributed by atoms with van der Waals surface area (Å²) in [5.41, 5.74) is 1.08. The van der Waals surface area contributed by atoms with Gasteiger partial charge in [-0.3, -0.25) is 9.36 Å². The van der Waals surface area contributed by atoms with Crippen LogP contribution in [0.1, 0.15) is 86.1 Å². The van der Waals surface area contributed by atoms with E-state index >= 15 is 0 Å². The fourth-order valence-corrected chi connectivity index (χ4v) is 7.79. The number of hydrogen-bond donors (Lipinski definition) is 2. The number of amidine groups is 1. The van der Waals surface area contributed by atoms with Gasteiger partial charge >= 0.3 is 7.52 Å². The Morgan fingerprint density at radius 3 is 2.39 bits per heavy atom. The van der Waals surface area contributed by atoms with Gasteiger partial charge in [-0.25, -0.2) is 8.42 Å². The maximum atomic E-state index is 14.3. The third kappa shape index (κ3) is 8.45. The highest BCUT2D eigenvalue weighted by Crippen LogP contribution is 2.53. The van der Waals surface area contributed by atoms with Crippen molar-refractivity contribution in [2.24, 2.45) is 15.6 Å². The van der Waals surface area contributed by atoms with Crippen LogP contribution in [-0.4, -0.2) is 61.4 Å². The Bertz CT molecular complexity index is 1350. The molecule has 2 atom stereocenters. The van der Waals surface area contributed by atoms with E-state index in [1.165, 1.54) is 6.26 Å². The van der Waals surface area contributed by atoms with Crippen molar-refractivity contribution in [3.8, 4) is 0 Å². The molecule has 11 heteroatoms. The van der Waals surface area contributed by atoms with Crippen LogP contribution in [0.4, 0.5) is 5.69 Å². The van der Waals surface area contributed by atoms with Crippen molar-refractivity contribution >= 4 is 40.1 Å². The van der Waals surface area contributed by atoms with Crippen molar-refractivity contribution in [1.82, 2.24) is 4.90 Å². The predicted molar refractivity (Wildman–Crippen MR) is 167 cm³/mol. The minimum atomic E-state index is -3.77. The summed E-state index contributed by atoms with van der Waals surface area (Å²) < 4.78 is 47.5.